The third kappa shape index (κ3) is 1.44. The van der Waals surface area contributed by atoms with Crippen molar-refractivity contribution in [1.82, 2.24) is 4.90 Å². The van der Waals surface area contributed by atoms with Gasteiger partial charge in [0, 0.05) is 24.7 Å². The SMILES string of the molecule is CN1Cc2ccc(C(=O)C=N)cc2C1=O. The molecule has 15 heavy (non-hydrogen) atoms. The zero-order valence-electron chi connectivity index (χ0n) is 8.28. The highest BCUT2D eigenvalue weighted by Crippen LogP contribution is 2.22. The van der Waals surface area contributed by atoms with Crippen LogP contribution in [0.15, 0.2) is 18.2 Å². The third-order valence-corrected chi connectivity index (χ3v) is 2.51. The van der Waals surface area contributed by atoms with Crippen molar-refractivity contribution in [2.24, 2.45) is 0 Å². The van der Waals surface area contributed by atoms with E-state index in [0.29, 0.717) is 17.7 Å². The van der Waals surface area contributed by atoms with Gasteiger partial charge in [-0.3, -0.25) is 9.59 Å². The molecule has 2 rings (SSSR count). The summed E-state index contributed by atoms with van der Waals surface area (Å²) in [5.74, 6) is -0.440. The number of carbonyl (C=O) groups is 2. The number of fused-ring (bicyclic) bond motifs is 1. The molecule has 1 N–H and O–H groups in total. The van der Waals surface area contributed by atoms with E-state index in [1.807, 2.05) is 0 Å². The Hall–Kier alpha value is -1.97. The molecule has 0 aliphatic carbocycles. The van der Waals surface area contributed by atoms with Crippen LogP contribution in [0.1, 0.15) is 26.3 Å². The van der Waals surface area contributed by atoms with E-state index in [9.17, 15) is 9.59 Å². The van der Waals surface area contributed by atoms with Gasteiger partial charge in [0.25, 0.3) is 5.91 Å². The van der Waals surface area contributed by atoms with Gasteiger partial charge in [-0.25, -0.2) is 0 Å². The number of benzene rings is 1. The van der Waals surface area contributed by atoms with E-state index >= 15 is 0 Å². The van der Waals surface area contributed by atoms with Crippen molar-refractivity contribution in [2.75, 3.05) is 7.05 Å². The molecule has 0 spiro atoms. The van der Waals surface area contributed by atoms with Gasteiger partial charge >= 0.3 is 0 Å². The zero-order chi connectivity index (χ0) is 11.0. The maximum atomic E-state index is 11.6. The van der Waals surface area contributed by atoms with Crippen molar-refractivity contribution in [1.29, 1.82) is 5.41 Å². The average molecular weight is 202 g/mol. The summed E-state index contributed by atoms with van der Waals surface area (Å²) in [5.41, 5.74) is 1.90. The van der Waals surface area contributed by atoms with E-state index in [-0.39, 0.29) is 11.7 Å². The van der Waals surface area contributed by atoms with Gasteiger partial charge in [0.05, 0.1) is 6.21 Å². The van der Waals surface area contributed by atoms with Crippen LogP contribution in [0.25, 0.3) is 0 Å². The van der Waals surface area contributed by atoms with E-state index in [1.165, 1.54) is 0 Å². The molecule has 4 nitrogen and oxygen atoms in total. The minimum absolute atomic E-state index is 0.0652. The second-order valence-electron chi connectivity index (χ2n) is 3.54. The standard InChI is InChI=1S/C11H10N2O2/c1-13-6-8-3-2-7(10(14)5-12)4-9(8)11(13)15/h2-5,12H,6H2,1H3. The van der Waals surface area contributed by atoms with Crippen LogP contribution in [0.3, 0.4) is 0 Å². The fraction of sp³-hybridized carbons (Fsp3) is 0.182. The highest BCUT2D eigenvalue weighted by molar-refractivity contribution is 6.34. The normalized spacial score (nSPS) is 13.9. The van der Waals surface area contributed by atoms with Crippen LogP contribution >= 0.6 is 0 Å². The van der Waals surface area contributed by atoms with Crippen molar-refractivity contribution >= 4 is 17.9 Å². The summed E-state index contributed by atoms with van der Waals surface area (Å²) in [6, 6.07) is 4.99. The summed E-state index contributed by atoms with van der Waals surface area (Å²) in [6.07, 6.45) is 0.755. The monoisotopic (exact) mass is 202 g/mol. The Morgan fingerprint density at radius 3 is 2.93 bits per heavy atom. The first-order chi connectivity index (χ1) is 7.13. The first kappa shape index (κ1) is 9.58. The summed E-state index contributed by atoms with van der Waals surface area (Å²) >= 11 is 0. The highest BCUT2D eigenvalue weighted by atomic mass is 16.2. The lowest BCUT2D eigenvalue weighted by Gasteiger charge is -2.04. The van der Waals surface area contributed by atoms with E-state index in [1.54, 1.807) is 30.1 Å². The minimum Gasteiger partial charge on any atom is -0.337 e. The van der Waals surface area contributed by atoms with Crippen LogP contribution in [0, 0.1) is 5.41 Å². The van der Waals surface area contributed by atoms with Crippen LogP contribution in [-0.4, -0.2) is 29.9 Å². The summed E-state index contributed by atoms with van der Waals surface area (Å²) < 4.78 is 0. The molecule has 1 aromatic carbocycles. The Morgan fingerprint density at radius 1 is 1.53 bits per heavy atom. The summed E-state index contributed by atoms with van der Waals surface area (Å²) in [5, 5.41) is 6.86. The lowest BCUT2D eigenvalue weighted by molar-refractivity contribution is 0.0816. The number of hydrogen-bond acceptors (Lipinski definition) is 3. The number of Topliss-reactive ketones (excluding diaryl/α,β-unsaturated/α-hetero) is 1. The summed E-state index contributed by atoms with van der Waals surface area (Å²) in [6.45, 7) is 0.591. The van der Waals surface area contributed by atoms with Gasteiger partial charge in [0.15, 0.2) is 0 Å². The molecule has 0 aromatic heterocycles. The van der Waals surface area contributed by atoms with Gasteiger partial charge in [-0.2, -0.15) is 0 Å². The van der Waals surface area contributed by atoms with Gasteiger partial charge < -0.3 is 10.3 Å². The average Bonchev–Trinajstić information content (AvgIpc) is 2.54. The molecule has 0 fully saturated rings. The Labute approximate surface area is 87.0 Å². The number of hydrogen-bond donors (Lipinski definition) is 1. The Kier molecular flexibility index (Phi) is 2.11. The first-order valence-corrected chi connectivity index (χ1v) is 4.56. The predicted molar refractivity (Wildman–Crippen MR) is 55.4 cm³/mol. The molecule has 1 heterocycles. The Bertz CT molecular complexity index is 466. The van der Waals surface area contributed by atoms with Crippen LogP contribution in [0.5, 0.6) is 0 Å². The molecule has 1 aliphatic heterocycles. The van der Waals surface area contributed by atoms with E-state index < -0.39 is 0 Å². The fourth-order valence-corrected chi connectivity index (χ4v) is 1.68. The van der Waals surface area contributed by atoms with Crippen LogP contribution in [-0.2, 0) is 6.54 Å². The molecular formula is C11H10N2O2. The smallest absolute Gasteiger partial charge is 0.254 e. The molecular weight excluding hydrogens is 192 g/mol. The Morgan fingerprint density at radius 2 is 2.27 bits per heavy atom. The van der Waals surface area contributed by atoms with Crippen molar-refractivity contribution in [3.05, 3.63) is 34.9 Å². The van der Waals surface area contributed by atoms with Gasteiger partial charge in [0.2, 0.25) is 5.78 Å². The topological polar surface area (TPSA) is 61.2 Å². The summed E-state index contributed by atoms with van der Waals surface area (Å²) in [4.78, 5) is 24.5. The molecule has 0 radical (unpaired) electrons. The molecule has 76 valence electrons. The number of ketones is 1. The molecule has 0 bridgehead atoms. The van der Waals surface area contributed by atoms with Gasteiger partial charge in [-0.15, -0.1) is 0 Å². The van der Waals surface area contributed by atoms with Crippen molar-refractivity contribution in [3.8, 4) is 0 Å². The summed E-state index contributed by atoms with van der Waals surface area (Å²) in [7, 11) is 1.72. The Balaban J connectivity index is 2.48. The molecule has 0 atom stereocenters. The number of amides is 1. The van der Waals surface area contributed by atoms with Crippen molar-refractivity contribution in [2.45, 2.75) is 6.54 Å². The number of carbonyl (C=O) groups excluding carboxylic acids is 2. The molecule has 1 amide bonds. The molecule has 0 saturated carbocycles. The van der Waals surface area contributed by atoms with E-state index in [2.05, 4.69) is 0 Å². The fourth-order valence-electron chi connectivity index (χ4n) is 1.68. The second-order valence-corrected chi connectivity index (χ2v) is 3.54. The van der Waals surface area contributed by atoms with Crippen molar-refractivity contribution < 1.29 is 9.59 Å². The maximum Gasteiger partial charge on any atom is 0.254 e. The quantitative estimate of drug-likeness (QED) is 0.576. The van der Waals surface area contributed by atoms with Gasteiger partial charge in [-0.1, -0.05) is 12.1 Å². The zero-order valence-corrected chi connectivity index (χ0v) is 8.28. The van der Waals surface area contributed by atoms with Gasteiger partial charge in [-0.05, 0) is 11.6 Å². The largest absolute Gasteiger partial charge is 0.337 e. The molecule has 1 aromatic rings. The molecule has 0 saturated heterocycles. The lowest BCUT2D eigenvalue weighted by Crippen LogP contribution is -2.17. The van der Waals surface area contributed by atoms with Gasteiger partial charge in [0.1, 0.15) is 0 Å². The predicted octanol–water partition coefficient (Wildman–Crippen LogP) is 1.10. The highest BCUT2D eigenvalue weighted by Gasteiger charge is 2.24. The molecule has 0 unspecified atom stereocenters. The van der Waals surface area contributed by atoms with Crippen LogP contribution < -0.4 is 0 Å². The lowest BCUT2D eigenvalue weighted by atomic mass is 10.0. The minimum atomic E-state index is -0.375. The first-order valence-electron chi connectivity index (χ1n) is 4.56. The number of nitrogens with zero attached hydrogens (tertiary/aromatic N) is 1. The maximum absolute atomic E-state index is 11.6. The third-order valence-electron chi connectivity index (χ3n) is 2.51. The second kappa shape index (κ2) is 3.31. The van der Waals surface area contributed by atoms with E-state index in [0.717, 1.165) is 11.8 Å². The van der Waals surface area contributed by atoms with Crippen LogP contribution in [0.2, 0.25) is 0 Å². The molecule has 4 heteroatoms. The number of rotatable bonds is 2. The van der Waals surface area contributed by atoms with Crippen LogP contribution in [0.4, 0.5) is 0 Å². The van der Waals surface area contributed by atoms with E-state index in [4.69, 9.17) is 5.41 Å². The van der Waals surface area contributed by atoms with Crippen molar-refractivity contribution in [3.63, 3.8) is 0 Å². The molecule has 1 aliphatic rings. The number of nitrogens with one attached hydrogen (secondary N) is 1.